The minimum absolute atomic E-state index is 0.404. The third-order valence-corrected chi connectivity index (χ3v) is 11.8. The molecule has 0 aliphatic heterocycles. The first-order valence-corrected chi connectivity index (χ1v) is 18.6. The first-order chi connectivity index (χ1) is 24.8. The number of fused-ring (bicyclic) bond motifs is 7. The molecule has 4 aliphatic carbocycles. The molecule has 2 atom stereocenters. The summed E-state index contributed by atoms with van der Waals surface area (Å²) in [5, 5.41) is 2.79. The van der Waals surface area contributed by atoms with Crippen LogP contribution in [0.25, 0.3) is 44.7 Å². The number of hydrogen-bond donors (Lipinski definition) is 0. The van der Waals surface area contributed by atoms with E-state index in [0.717, 1.165) is 44.9 Å². The predicted octanol–water partition coefficient (Wildman–Crippen LogP) is 12.7. The Morgan fingerprint density at radius 1 is 0.640 bits per heavy atom. The molecular weight excluding hydrogens is 603 g/mol. The molecule has 10 rings (SSSR count). The van der Waals surface area contributed by atoms with Crippen LogP contribution in [0.5, 0.6) is 0 Å². The number of hydrogen-bond acceptors (Lipinski definition) is 0. The summed E-state index contributed by atoms with van der Waals surface area (Å²) < 4.78 is 2.55. The smallest absolute Gasteiger partial charge is 0.0547 e. The van der Waals surface area contributed by atoms with Crippen LogP contribution < -0.4 is 0 Å². The fourth-order valence-electron chi connectivity index (χ4n) is 9.34. The maximum Gasteiger partial charge on any atom is 0.0547 e. The number of aromatic nitrogens is 1. The molecule has 1 heteroatoms. The van der Waals surface area contributed by atoms with Crippen molar-refractivity contribution < 1.29 is 0 Å². The summed E-state index contributed by atoms with van der Waals surface area (Å²) in [6.45, 7) is 0. The van der Waals surface area contributed by atoms with Gasteiger partial charge in [-0.3, -0.25) is 0 Å². The lowest BCUT2D eigenvalue weighted by Crippen LogP contribution is -2.06. The topological polar surface area (TPSA) is 4.93 Å². The lowest BCUT2D eigenvalue weighted by molar-refractivity contribution is 0.680. The van der Waals surface area contributed by atoms with Crippen LogP contribution >= 0.6 is 0 Å². The molecule has 0 fully saturated rings. The van der Waals surface area contributed by atoms with Crippen LogP contribution in [0, 0.1) is 0 Å². The average molecular weight is 644 g/mol. The molecule has 5 aromatic carbocycles. The molecule has 1 heterocycles. The molecule has 50 heavy (non-hydrogen) atoms. The largest absolute Gasteiger partial charge is 0.309 e. The van der Waals surface area contributed by atoms with E-state index in [1.807, 2.05) is 0 Å². The maximum atomic E-state index is 2.55. The van der Waals surface area contributed by atoms with Crippen LogP contribution in [0.1, 0.15) is 82.9 Å². The van der Waals surface area contributed by atoms with Crippen LogP contribution in [0.3, 0.4) is 0 Å². The highest BCUT2D eigenvalue weighted by Crippen LogP contribution is 2.48. The highest BCUT2D eigenvalue weighted by Gasteiger charge is 2.29. The van der Waals surface area contributed by atoms with Crippen molar-refractivity contribution in [2.24, 2.45) is 0 Å². The van der Waals surface area contributed by atoms with Crippen molar-refractivity contribution in [3.05, 3.63) is 190 Å². The van der Waals surface area contributed by atoms with Crippen LogP contribution in [0.15, 0.2) is 151 Å². The molecule has 6 aromatic rings. The van der Waals surface area contributed by atoms with Crippen molar-refractivity contribution in [2.75, 3.05) is 0 Å². The maximum absolute atomic E-state index is 2.55. The number of benzene rings is 5. The molecule has 1 nitrogen and oxygen atoms in total. The molecular formula is C49H41N. The highest BCUT2D eigenvalue weighted by molar-refractivity contribution is 6.15. The zero-order chi connectivity index (χ0) is 33.0. The SMILES string of the molecule is C1=CCC(c2ccc3c(c2)c2c4c(ccc2n3-c2cccc(C3=Cc5ccccc5CC3)c2)CC[C@H](c2ccccc2)C2=C4C=CCC2)C=C1. The van der Waals surface area contributed by atoms with Crippen molar-refractivity contribution in [1.29, 1.82) is 0 Å². The Hall–Kier alpha value is -5.40. The highest BCUT2D eigenvalue weighted by atomic mass is 15.0. The van der Waals surface area contributed by atoms with Gasteiger partial charge in [-0.2, -0.15) is 0 Å². The van der Waals surface area contributed by atoms with Crippen molar-refractivity contribution in [1.82, 2.24) is 4.57 Å². The summed E-state index contributed by atoms with van der Waals surface area (Å²) in [6, 6.07) is 41.6. The molecule has 1 unspecified atom stereocenters. The summed E-state index contributed by atoms with van der Waals surface area (Å²) >= 11 is 0. The van der Waals surface area contributed by atoms with Gasteiger partial charge in [0.1, 0.15) is 0 Å². The van der Waals surface area contributed by atoms with Gasteiger partial charge in [0.25, 0.3) is 0 Å². The van der Waals surface area contributed by atoms with Crippen molar-refractivity contribution >= 4 is 39.0 Å². The standard InChI is InChI=1S/C49H41N/c1-3-12-33(13-4-1)40-26-28-46-45(32-40)49-47(50(46)41-19-11-18-38(31-41)39-23-22-34-14-7-8-17-37(34)30-39)29-25-36-24-27-42(35-15-5-2-6-16-35)43-20-9-10-21-44(43)48(36)49/h1-8,10-12,14-19,21,25-26,28-33,42H,9,13,20,22-24,27H2/t33?,42-/m1/s1. The van der Waals surface area contributed by atoms with Gasteiger partial charge >= 0.3 is 0 Å². The fourth-order valence-corrected chi connectivity index (χ4v) is 9.34. The van der Waals surface area contributed by atoms with E-state index in [1.54, 1.807) is 5.57 Å². The molecule has 4 aliphatic rings. The van der Waals surface area contributed by atoms with Gasteiger partial charge in [0, 0.05) is 28.3 Å². The second-order valence-electron chi connectivity index (χ2n) is 14.6. The minimum Gasteiger partial charge on any atom is -0.309 e. The second kappa shape index (κ2) is 12.2. The molecule has 0 bridgehead atoms. The second-order valence-corrected chi connectivity index (χ2v) is 14.6. The van der Waals surface area contributed by atoms with Gasteiger partial charge < -0.3 is 4.57 Å². The zero-order valence-electron chi connectivity index (χ0n) is 28.5. The van der Waals surface area contributed by atoms with Crippen LogP contribution in [0.2, 0.25) is 0 Å². The van der Waals surface area contributed by atoms with E-state index >= 15 is 0 Å². The third kappa shape index (κ3) is 4.90. The minimum atomic E-state index is 0.404. The molecule has 242 valence electrons. The zero-order valence-corrected chi connectivity index (χ0v) is 28.5. The molecule has 0 radical (unpaired) electrons. The van der Waals surface area contributed by atoms with E-state index in [2.05, 4.69) is 156 Å². The number of rotatable bonds is 4. The molecule has 0 N–H and O–H groups in total. The van der Waals surface area contributed by atoms with Gasteiger partial charge in [-0.15, -0.1) is 0 Å². The molecule has 0 amide bonds. The van der Waals surface area contributed by atoms with Gasteiger partial charge in [0.05, 0.1) is 11.0 Å². The summed E-state index contributed by atoms with van der Waals surface area (Å²) in [5.74, 6) is 0.855. The normalized spacial score (nSPS) is 19.6. The summed E-state index contributed by atoms with van der Waals surface area (Å²) in [7, 11) is 0. The Labute approximate surface area is 295 Å². The predicted molar refractivity (Wildman–Crippen MR) is 212 cm³/mol. The Bertz CT molecular complexity index is 2460. The Balaban J connectivity index is 1.22. The third-order valence-electron chi connectivity index (χ3n) is 11.8. The van der Waals surface area contributed by atoms with Gasteiger partial charge in [-0.1, -0.05) is 127 Å². The van der Waals surface area contributed by atoms with Gasteiger partial charge in [-0.25, -0.2) is 0 Å². The van der Waals surface area contributed by atoms with Gasteiger partial charge in [-0.05, 0) is 125 Å². The summed E-state index contributed by atoms with van der Waals surface area (Å²) in [4.78, 5) is 0. The molecule has 1 aromatic heterocycles. The van der Waals surface area contributed by atoms with E-state index < -0.39 is 0 Å². The number of aryl methyl sites for hydroxylation is 2. The van der Waals surface area contributed by atoms with Gasteiger partial charge in [0.2, 0.25) is 0 Å². The first-order valence-electron chi connectivity index (χ1n) is 18.6. The first kappa shape index (κ1) is 29.5. The van der Waals surface area contributed by atoms with Crippen molar-refractivity contribution in [3.63, 3.8) is 0 Å². The van der Waals surface area contributed by atoms with Crippen LogP contribution in [0.4, 0.5) is 0 Å². The molecule has 0 spiro atoms. The molecule has 0 saturated carbocycles. The lowest BCUT2D eigenvalue weighted by atomic mass is 9.80. The monoisotopic (exact) mass is 643 g/mol. The van der Waals surface area contributed by atoms with Crippen LogP contribution in [-0.4, -0.2) is 4.57 Å². The number of nitrogens with zero attached hydrogens (tertiary/aromatic N) is 1. The fraction of sp³-hybridized carbons (Fsp3) is 0.184. The van der Waals surface area contributed by atoms with E-state index in [-0.39, 0.29) is 0 Å². The quantitative estimate of drug-likeness (QED) is 0.180. The van der Waals surface area contributed by atoms with Crippen molar-refractivity contribution in [3.8, 4) is 5.69 Å². The average Bonchev–Trinajstić information content (AvgIpc) is 3.42. The van der Waals surface area contributed by atoms with E-state index in [1.165, 1.54) is 77.6 Å². The Kier molecular flexibility index (Phi) is 7.19. The van der Waals surface area contributed by atoms with E-state index in [9.17, 15) is 0 Å². The summed E-state index contributed by atoms with van der Waals surface area (Å²) in [5.41, 5.74) is 18.3. The lowest BCUT2D eigenvalue weighted by Gasteiger charge is -2.24. The summed E-state index contributed by atoms with van der Waals surface area (Å²) in [6.07, 6.45) is 24.1. The number of allylic oxidation sites excluding steroid dienone is 9. The Morgan fingerprint density at radius 3 is 2.46 bits per heavy atom. The molecule has 0 saturated heterocycles. The van der Waals surface area contributed by atoms with E-state index in [4.69, 9.17) is 0 Å². The van der Waals surface area contributed by atoms with E-state index in [0.29, 0.717) is 11.8 Å². The Morgan fingerprint density at radius 2 is 1.54 bits per heavy atom. The van der Waals surface area contributed by atoms with Gasteiger partial charge in [0.15, 0.2) is 0 Å². The van der Waals surface area contributed by atoms with Crippen molar-refractivity contribution in [2.45, 2.75) is 56.8 Å². The van der Waals surface area contributed by atoms with Crippen LogP contribution in [-0.2, 0) is 12.8 Å².